The zero-order chi connectivity index (χ0) is 10.7. The molecule has 0 saturated carbocycles. The number of hydrogen-bond donors (Lipinski definition) is 0. The highest BCUT2D eigenvalue weighted by atomic mass is 79.9. The van der Waals surface area contributed by atoms with Crippen molar-refractivity contribution < 1.29 is 18.3 Å². The van der Waals surface area contributed by atoms with Gasteiger partial charge in [-0.15, -0.1) is 0 Å². The molecule has 0 fully saturated rings. The van der Waals surface area contributed by atoms with Crippen LogP contribution in [-0.2, 0) is 5.33 Å². The number of halogens is 3. The van der Waals surface area contributed by atoms with E-state index in [1.165, 1.54) is 13.2 Å². The summed E-state index contributed by atoms with van der Waals surface area (Å²) in [7, 11) is 1.30. The van der Waals surface area contributed by atoms with E-state index in [-0.39, 0.29) is 16.6 Å². The second-order valence-electron chi connectivity index (χ2n) is 2.55. The molecule has 0 bridgehead atoms. The van der Waals surface area contributed by atoms with Crippen LogP contribution >= 0.6 is 15.9 Å². The Morgan fingerprint density at radius 2 is 2.21 bits per heavy atom. The Hall–Kier alpha value is -0.970. The Morgan fingerprint density at radius 3 is 2.64 bits per heavy atom. The van der Waals surface area contributed by atoms with Crippen LogP contribution in [-0.4, -0.2) is 13.1 Å². The van der Waals surface area contributed by atoms with Gasteiger partial charge in [-0.2, -0.15) is 4.39 Å². The zero-order valence-corrected chi connectivity index (χ0v) is 8.90. The van der Waals surface area contributed by atoms with E-state index in [2.05, 4.69) is 15.9 Å². The van der Waals surface area contributed by atoms with Crippen LogP contribution in [0.1, 0.15) is 15.9 Å². The third-order valence-corrected chi connectivity index (χ3v) is 2.34. The maximum atomic E-state index is 13.1. The van der Waals surface area contributed by atoms with E-state index in [4.69, 9.17) is 4.74 Å². The summed E-state index contributed by atoms with van der Waals surface area (Å²) in [5, 5.41) is 0.259. The first-order valence-electron chi connectivity index (χ1n) is 3.72. The predicted molar refractivity (Wildman–Crippen MR) is 51.0 cm³/mol. The predicted octanol–water partition coefficient (Wildman–Crippen LogP) is 2.84. The van der Waals surface area contributed by atoms with Gasteiger partial charge in [0.2, 0.25) is 0 Å². The molecule has 0 aliphatic carbocycles. The largest absolute Gasteiger partial charge is 0.494 e. The molecule has 0 amide bonds. The number of benzene rings is 1. The van der Waals surface area contributed by atoms with Crippen LogP contribution in [0.25, 0.3) is 0 Å². The van der Waals surface area contributed by atoms with Gasteiger partial charge in [0.15, 0.2) is 11.6 Å². The molecule has 0 heterocycles. The number of rotatable bonds is 3. The fraction of sp³-hybridized carbons (Fsp3) is 0.222. The molecule has 14 heavy (non-hydrogen) atoms. The van der Waals surface area contributed by atoms with E-state index in [1.807, 2.05) is 0 Å². The van der Waals surface area contributed by atoms with Gasteiger partial charge in [0.1, 0.15) is 0 Å². The molecule has 1 rings (SSSR count). The van der Waals surface area contributed by atoms with Gasteiger partial charge >= 0.3 is 6.04 Å². The third kappa shape index (κ3) is 2.09. The number of alkyl halides is 1. The molecule has 1 aromatic rings. The number of hydrogen-bond acceptors (Lipinski definition) is 2. The molecule has 1 aromatic carbocycles. The van der Waals surface area contributed by atoms with Crippen molar-refractivity contribution in [3.05, 3.63) is 29.1 Å². The average Bonchev–Trinajstić information content (AvgIpc) is 2.17. The molecule has 0 aliphatic rings. The van der Waals surface area contributed by atoms with Gasteiger partial charge in [0.25, 0.3) is 0 Å². The summed E-state index contributed by atoms with van der Waals surface area (Å²) in [6.45, 7) is 0. The minimum Gasteiger partial charge on any atom is -0.494 e. The topological polar surface area (TPSA) is 26.3 Å². The molecule has 0 N–H and O–H groups in total. The van der Waals surface area contributed by atoms with Crippen LogP contribution in [0, 0.1) is 5.82 Å². The van der Waals surface area contributed by atoms with E-state index in [0.717, 1.165) is 6.07 Å². The number of methoxy groups -OCH3 is 1. The lowest BCUT2D eigenvalue weighted by atomic mass is 10.1. The van der Waals surface area contributed by atoms with Crippen molar-refractivity contribution in [3.8, 4) is 5.75 Å². The van der Waals surface area contributed by atoms with Crippen molar-refractivity contribution in [2.24, 2.45) is 0 Å². The fourth-order valence-electron chi connectivity index (χ4n) is 1.05. The molecule has 0 aliphatic heterocycles. The van der Waals surface area contributed by atoms with E-state index >= 15 is 0 Å². The van der Waals surface area contributed by atoms with Gasteiger partial charge in [-0.05, 0) is 17.7 Å². The summed E-state index contributed by atoms with van der Waals surface area (Å²) in [4.78, 5) is 10.5. The van der Waals surface area contributed by atoms with E-state index in [1.54, 1.807) is 0 Å². The first-order chi connectivity index (χ1) is 6.60. The zero-order valence-electron chi connectivity index (χ0n) is 7.31. The van der Waals surface area contributed by atoms with Gasteiger partial charge in [0.05, 0.1) is 12.7 Å². The van der Waals surface area contributed by atoms with Crippen molar-refractivity contribution in [1.82, 2.24) is 0 Å². The van der Waals surface area contributed by atoms with Gasteiger partial charge in [0, 0.05) is 5.33 Å². The van der Waals surface area contributed by atoms with Gasteiger partial charge in [-0.3, -0.25) is 4.79 Å². The minimum atomic E-state index is -1.65. The van der Waals surface area contributed by atoms with E-state index in [9.17, 15) is 13.6 Å². The molecule has 76 valence electrons. The lowest BCUT2D eigenvalue weighted by Gasteiger charge is -2.06. The Morgan fingerprint density at radius 1 is 1.57 bits per heavy atom. The maximum Gasteiger partial charge on any atom is 0.332 e. The van der Waals surface area contributed by atoms with Crippen LogP contribution in [0.4, 0.5) is 8.78 Å². The SMILES string of the molecule is COc1cc(CBr)c(C(=O)F)cc1F. The molecular weight excluding hydrogens is 258 g/mol. The second-order valence-corrected chi connectivity index (χ2v) is 3.11. The van der Waals surface area contributed by atoms with Crippen LogP contribution in [0.3, 0.4) is 0 Å². The smallest absolute Gasteiger partial charge is 0.332 e. The standard InChI is InChI=1S/C9H7BrF2O2/c1-14-8-2-5(4-10)6(9(12)13)3-7(8)11/h2-3H,4H2,1H3. The molecule has 0 aromatic heterocycles. The number of carbonyl (C=O) groups is 1. The summed E-state index contributed by atoms with van der Waals surface area (Å²) in [5.74, 6) is -0.761. The van der Waals surface area contributed by atoms with E-state index < -0.39 is 11.9 Å². The monoisotopic (exact) mass is 264 g/mol. The minimum absolute atomic E-state index is 0.00977. The average molecular weight is 265 g/mol. The quantitative estimate of drug-likeness (QED) is 0.620. The first-order valence-corrected chi connectivity index (χ1v) is 4.84. The van der Waals surface area contributed by atoms with E-state index in [0.29, 0.717) is 5.56 Å². The highest BCUT2D eigenvalue weighted by Crippen LogP contribution is 2.24. The lowest BCUT2D eigenvalue weighted by molar-refractivity contribution is 0.0834. The van der Waals surface area contributed by atoms with Crippen LogP contribution in [0.15, 0.2) is 12.1 Å². The lowest BCUT2D eigenvalue weighted by Crippen LogP contribution is -2.00. The van der Waals surface area contributed by atoms with Gasteiger partial charge in [-0.25, -0.2) is 4.39 Å². The third-order valence-electron chi connectivity index (χ3n) is 1.73. The summed E-state index contributed by atoms with van der Waals surface area (Å²) in [6.07, 6.45) is 0. The number of ether oxygens (including phenoxy) is 1. The highest BCUT2D eigenvalue weighted by Gasteiger charge is 2.14. The van der Waals surface area contributed by atoms with Crippen molar-refractivity contribution in [3.63, 3.8) is 0 Å². The Balaban J connectivity index is 3.31. The molecule has 0 saturated heterocycles. The van der Waals surface area contributed by atoms with Crippen molar-refractivity contribution >= 4 is 22.0 Å². The van der Waals surface area contributed by atoms with Crippen molar-refractivity contribution in [2.45, 2.75) is 5.33 Å². The molecule has 0 radical (unpaired) electrons. The van der Waals surface area contributed by atoms with Gasteiger partial charge in [-0.1, -0.05) is 15.9 Å². The fourth-order valence-corrected chi connectivity index (χ4v) is 1.51. The maximum absolute atomic E-state index is 13.1. The van der Waals surface area contributed by atoms with Crippen LogP contribution in [0.5, 0.6) is 5.75 Å². The molecule has 0 atom stereocenters. The van der Waals surface area contributed by atoms with Crippen LogP contribution < -0.4 is 4.74 Å². The Kier molecular flexibility index (Phi) is 3.57. The summed E-state index contributed by atoms with van der Waals surface area (Å²) in [6, 6.07) is 0.468. The first kappa shape index (κ1) is 11.1. The van der Waals surface area contributed by atoms with Gasteiger partial charge < -0.3 is 4.74 Å². The molecular formula is C9H7BrF2O2. The Labute approximate surface area is 88.0 Å². The molecule has 5 heteroatoms. The molecule has 0 spiro atoms. The number of carbonyl (C=O) groups excluding carboxylic acids is 1. The molecule has 2 nitrogen and oxygen atoms in total. The normalized spacial score (nSPS) is 10.0. The second kappa shape index (κ2) is 4.50. The summed E-state index contributed by atoms with van der Waals surface area (Å²) >= 11 is 3.07. The highest BCUT2D eigenvalue weighted by molar-refractivity contribution is 9.08. The summed E-state index contributed by atoms with van der Waals surface area (Å²) < 4.78 is 30.2. The van der Waals surface area contributed by atoms with Crippen LogP contribution in [0.2, 0.25) is 0 Å². The van der Waals surface area contributed by atoms with Crippen molar-refractivity contribution in [2.75, 3.05) is 7.11 Å². The summed E-state index contributed by atoms with van der Waals surface area (Å²) in [5.41, 5.74) is 0.0796. The molecule has 0 unspecified atom stereocenters. The Bertz CT molecular complexity index is 366. The van der Waals surface area contributed by atoms with Crippen molar-refractivity contribution in [1.29, 1.82) is 0 Å².